The fraction of sp³-hybridized carbons (Fsp3) is 0. The van der Waals surface area contributed by atoms with Crippen LogP contribution in [0.25, 0.3) is 49.0 Å². The highest BCUT2D eigenvalue weighted by Gasteiger charge is 2.15. The minimum atomic E-state index is 1.01. The van der Waals surface area contributed by atoms with E-state index in [9.17, 15) is 0 Å². The van der Waals surface area contributed by atoms with Gasteiger partial charge in [-0.2, -0.15) is 0 Å². The van der Waals surface area contributed by atoms with E-state index in [0.29, 0.717) is 0 Å². The van der Waals surface area contributed by atoms with Gasteiger partial charge in [-0.05, 0) is 34.4 Å². The molecule has 3 aromatic carbocycles. The molecule has 0 aliphatic rings. The van der Waals surface area contributed by atoms with Crippen LogP contribution in [0.3, 0.4) is 0 Å². The summed E-state index contributed by atoms with van der Waals surface area (Å²) in [6, 6.07) is 23.9. The number of aromatic nitrogens is 2. The Balaban J connectivity index is 2.14. The standard InChI is InChI=1S/C21H12N2/c1-2-7-15-13(5-1)11-14-6-3-8-16-17-9-4-10-19-22-12-18(23(17)19)21(15)20(14)16/h1-12H. The Morgan fingerprint density at radius 2 is 1.48 bits per heavy atom. The molecule has 0 unspecified atom stereocenters. The van der Waals surface area contributed by atoms with Crippen LogP contribution in [0.5, 0.6) is 0 Å². The van der Waals surface area contributed by atoms with Gasteiger partial charge < -0.3 is 0 Å². The van der Waals surface area contributed by atoms with Crippen molar-refractivity contribution in [2.75, 3.05) is 0 Å². The number of pyridine rings is 2. The minimum Gasteiger partial charge on any atom is -0.292 e. The summed E-state index contributed by atoms with van der Waals surface area (Å²) in [4.78, 5) is 4.63. The van der Waals surface area contributed by atoms with Crippen molar-refractivity contribution in [2.45, 2.75) is 0 Å². The smallest absolute Gasteiger partial charge is 0.137 e. The predicted octanol–water partition coefficient (Wildman–Crippen LogP) is 5.38. The quantitative estimate of drug-likeness (QED) is 0.271. The van der Waals surface area contributed by atoms with Crippen molar-refractivity contribution in [3.05, 3.63) is 72.9 Å². The molecule has 0 aliphatic heterocycles. The second-order valence-electron chi connectivity index (χ2n) is 6.12. The van der Waals surface area contributed by atoms with Gasteiger partial charge in [0.05, 0.1) is 17.2 Å². The van der Waals surface area contributed by atoms with E-state index in [1.807, 2.05) is 6.20 Å². The maximum absolute atomic E-state index is 4.63. The highest BCUT2D eigenvalue weighted by Crippen LogP contribution is 2.39. The van der Waals surface area contributed by atoms with Gasteiger partial charge in [0, 0.05) is 16.2 Å². The molecule has 0 bridgehead atoms. The van der Waals surface area contributed by atoms with Crippen LogP contribution >= 0.6 is 0 Å². The van der Waals surface area contributed by atoms with E-state index >= 15 is 0 Å². The SMILES string of the molecule is c1ccc2c(c1)cc1cccc3c1c2c1cnc2cccc3n21. The lowest BCUT2D eigenvalue weighted by atomic mass is 9.95. The largest absolute Gasteiger partial charge is 0.292 e. The third kappa shape index (κ3) is 1.28. The Hall–Kier alpha value is -3.13. The summed E-state index contributed by atoms with van der Waals surface area (Å²) in [5, 5.41) is 7.80. The van der Waals surface area contributed by atoms with Gasteiger partial charge in [0.25, 0.3) is 0 Å². The van der Waals surface area contributed by atoms with E-state index in [-0.39, 0.29) is 0 Å². The van der Waals surface area contributed by atoms with Gasteiger partial charge in [0.15, 0.2) is 0 Å². The van der Waals surface area contributed by atoms with Crippen molar-refractivity contribution in [2.24, 2.45) is 0 Å². The summed E-state index contributed by atoms with van der Waals surface area (Å²) in [7, 11) is 0. The lowest BCUT2D eigenvalue weighted by Gasteiger charge is -2.14. The van der Waals surface area contributed by atoms with Crippen molar-refractivity contribution < 1.29 is 0 Å². The molecule has 2 nitrogen and oxygen atoms in total. The first-order valence-electron chi connectivity index (χ1n) is 7.83. The maximum Gasteiger partial charge on any atom is 0.137 e. The molecular weight excluding hydrogens is 280 g/mol. The Morgan fingerprint density at radius 1 is 0.652 bits per heavy atom. The second-order valence-corrected chi connectivity index (χ2v) is 6.12. The molecule has 6 aromatic rings. The van der Waals surface area contributed by atoms with Gasteiger partial charge in [-0.15, -0.1) is 0 Å². The molecule has 0 saturated heterocycles. The molecule has 0 radical (unpaired) electrons. The molecule has 0 N–H and O–H groups in total. The van der Waals surface area contributed by atoms with Gasteiger partial charge >= 0.3 is 0 Å². The summed E-state index contributed by atoms with van der Waals surface area (Å²) in [5.74, 6) is 0. The number of fused-ring (bicyclic) bond motifs is 4. The fourth-order valence-electron chi connectivity index (χ4n) is 4.03. The molecular formula is C21H12N2. The van der Waals surface area contributed by atoms with Crippen molar-refractivity contribution in [3.63, 3.8) is 0 Å². The summed E-state index contributed by atoms with van der Waals surface area (Å²) in [5.41, 5.74) is 3.42. The number of rotatable bonds is 0. The first kappa shape index (κ1) is 11.4. The first-order chi connectivity index (χ1) is 11.4. The van der Waals surface area contributed by atoms with Crippen molar-refractivity contribution in [3.8, 4) is 0 Å². The Bertz CT molecular complexity index is 1360. The number of benzene rings is 3. The van der Waals surface area contributed by atoms with E-state index in [1.165, 1.54) is 43.4 Å². The lowest BCUT2D eigenvalue weighted by Crippen LogP contribution is -1.93. The molecule has 0 atom stereocenters. The van der Waals surface area contributed by atoms with Crippen LogP contribution in [0, 0.1) is 0 Å². The number of nitrogens with zero attached hydrogens (tertiary/aromatic N) is 2. The molecule has 0 fully saturated rings. The van der Waals surface area contributed by atoms with Gasteiger partial charge in [-0.3, -0.25) is 4.40 Å². The van der Waals surface area contributed by atoms with Gasteiger partial charge in [-0.1, -0.05) is 48.5 Å². The van der Waals surface area contributed by atoms with Crippen LogP contribution in [0.15, 0.2) is 72.9 Å². The normalized spacial score (nSPS) is 12.3. The molecule has 6 rings (SSSR count). The molecule has 2 heteroatoms. The first-order valence-corrected chi connectivity index (χ1v) is 7.83. The van der Waals surface area contributed by atoms with E-state index < -0.39 is 0 Å². The third-order valence-electron chi connectivity index (χ3n) is 4.95. The van der Waals surface area contributed by atoms with Gasteiger partial charge in [-0.25, -0.2) is 4.98 Å². The number of hydrogen-bond donors (Lipinski definition) is 0. The molecule has 0 spiro atoms. The predicted molar refractivity (Wildman–Crippen MR) is 96.4 cm³/mol. The molecule has 106 valence electrons. The average Bonchev–Trinajstić information content (AvgIpc) is 3.03. The second kappa shape index (κ2) is 3.79. The van der Waals surface area contributed by atoms with Crippen molar-refractivity contribution in [1.82, 2.24) is 9.38 Å². The van der Waals surface area contributed by atoms with Crippen LogP contribution in [0.4, 0.5) is 0 Å². The highest BCUT2D eigenvalue weighted by atomic mass is 15.0. The van der Waals surface area contributed by atoms with Crippen LogP contribution in [-0.4, -0.2) is 9.38 Å². The minimum absolute atomic E-state index is 1.01. The van der Waals surface area contributed by atoms with Crippen LogP contribution in [0.1, 0.15) is 0 Å². The topological polar surface area (TPSA) is 17.3 Å². The van der Waals surface area contributed by atoms with Crippen LogP contribution in [-0.2, 0) is 0 Å². The molecule has 0 amide bonds. The highest BCUT2D eigenvalue weighted by molar-refractivity contribution is 6.29. The third-order valence-corrected chi connectivity index (χ3v) is 4.95. The zero-order chi connectivity index (χ0) is 15.0. The summed E-state index contributed by atoms with van der Waals surface area (Å²) < 4.78 is 2.28. The summed E-state index contributed by atoms with van der Waals surface area (Å²) in [6.07, 6.45) is 2.01. The Kier molecular flexibility index (Phi) is 1.89. The van der Waals surface area contributed by atoms with Crippen LogP contribution in [0.2, 0.25) is 0 Å². The van der Waals surface area contributed by atoms with E-state index in [2.05, 4.69) is 76.1 Å². The number of imidazole rings is 1. The Labute approximate surface area is 131 Å². The van der Waals surface area contributed by atoms with Crippen molar-refractivity contribution in [1.29, 1.82) is 0 Å². The van der Waals surface area contributed by atoms with E-state index in [0.717, 1.165) is 5.65 Å². The summed E-state index contributed by atoms with van der Waals surface area (Å²) in [6.45, 7) is 0. The van der Waals surface area contributed by atoms with E-state index in [4.69, 9.17) is 0 Å². The van der Waals surface area contributed by atoms with Crippen LogP contribution < -0.4 is 0 Å². The average molecular weight is 292 g/mol. The molecule has 3 aromatic heterocycles. The van der Waals surface area contributed by atoms with Gasteiger partial charge in [0.2, 0.25) is 0 Å². The van der Waals surface area contributed by atoms with Gasteiger partial charge in [0.1, 0.15) is 5.65 Å². The Morgan fingerprint density at radius 3 is 2.48 bits per heavy atom. The number of hydrogen-bond acceptors (Lipinski definition) is 1. The van der Waals surface area contributed by atoms with Crippen molar-refractivity contribution >= 4 is 49.0 Å². The molecule has 0 saturated carbocycles. The zero-order valence-electron chi connectivity index (χ0n) is 12.3. The summed E-state index contributed by atoms with van der Waals surface area (Å²) >= 11 is 0. The molecule has 3 heterocycles. The molecule has 23 heavy (non-hydrogen) atoms. The fourth-order valence-corrected chi connectivity index (χ4v) is 4.03. The van der Waals surface area contributed by atoms with E-state index in [1.54, 1.807) is 0 Å². The lowest BCUT2D eigenvalue weighted by molar-refractivity contribution is 1.30. The molecule has 0 aliphatic carbocycles. The maximum atomic E-state index is 4.63. The zero-order valence-corrected chi connectivity index (χ0v) is 12.3. The monoisotopic (exact) mass is 292 g/mol.